The number of rotatable bonds is 2. The molecule has 0 radical (unpaired) electrons. The van der Waals surface area contributed by atoms with Crippen molar-refractivity contribution in [3.05, 3.63) is 0 Å². The highest BCUT2D eigenvalue weighted by Gasteiger charge is 2.30. The van der Waals surface area contributed by atoms with Crippen molar-refractivity contribution >= 4 is 6.03 Å². The van der Waals surface area contributed by atoms with Crippen LogP contribution in [0.2, 0.25) is 0 Å². The van der Waals surface area contributed by atoms with Crippen molar-refractivity contribution in [2.45, 2.75) is 90.6 Å². The van der Waals surface area contributed by atoms with Crippen LogP contribution in [0.3, 0.4) is 0 Å². The molecular formula is C17H32N2O. The maximum Gasteiger partial charge on any atom is 0.315 e. The molecule has 2 N–H and O–H groups in total. The standard InChI is InChI=1S/C17H32N2O/c1-17(2,3)13-9-11-15(12-10-13)19-16(20)18-14-7-5-4-6-8-14/h13-15H,4-12H2,1-3H3,(H2,18,19,20). The Morgan fingerprint density at radius 3 is 1.80 bits per heavy atom. The van der Waals surface area contributed by atoms with Crippen LogP contribution >= 0.6 is 0 Å². The van der Waals surface area contributed by atoms with Gasteiger partial charge in [-0.05, 0) is 49.9 Å². The molecule has 0 aromatic rings. The molecule has 2 aliphatic carbocycles. The molecule has 0 atom stereocenters. The number of hydrogen-bond donors (Lipinski definition) is 2. The van der Waals surface area contributed by atoms with E-state index in [1.807, 2.05) is 0 Å². The highest BCUT2D eigenvalue weighted by Crippen LogP contribution is 2.37. The van der Waals surface area contributed by atoms with Gasteiger partial charge in [-0.2, -0.15) is 0 Å². The van der Waals surface area contributed by atoms with E-state index in [-0.39, 0.29) is 6.03 Å². The zero-order chi connectivity index (χ0) is 14.6. The quantitative estimate of drug-likeness (QED) is 0.781. The van der Waals surface area contributed by atoms with Gasteiger partial charge in [0.1, 0.15) is 0 Å². The van der Waals surface area contributed by atoms with Gasteiger partial charge in [0.2, 0.25) is 0 Å². The maximum absolute atomic E-state index is 12.0. The molecule has 116 valence electrons. The van der Waals surface area contributed by atoms with Gasteiger partial charge in [-0.25, -0.2) is 4.79 Å². The maximum atomic E-state index is 12.0. The van der Waals surface area contributed by atoms with Crippen LogP contribution in [-0.4, -0.2) is 18.1 Å². The van der Waals surface area contributed by atoms with Gasteiger partial charge in [-0.15, -0.1) is 0 Å². The van der Waals surface area contributed by atoms with Gasteiger partial charge in [0.25, 0.3) is 0 Å². The van der Waals surface area contributed by atoms with E-state index >= 15 is 0 Å². The number of urea groups is 1. The van der Waals surface area contributed by atoms with Crippen LogP contribution in [0.25, 0.3) is 0 Å². The molecule has 0 spiro atoms. The summed E-state index contributed by atoms with van der Waals surface area (Å²) in [5, 5.41) is 6.35. The molecule has 0 aromatic carbocycles. The average Bonchev–Trinajstić information content (AvgIpc) is 2.39. The van der Waals surface area contributed by atoms with Crippen molar-refractivity contribution in [2.75, 3.05) is 0 Å². The third kappa shape index (κ3) is 4.68. The summed E-state index contributed by atoms with van der Waals surface area (Å²) in [5.41, 5.74) is 0.412. The second kappa shape index (κ2) is 6.82. The minimum absolute atomic E-state index is 0.0658. The third-order valence-corrected chi connectivity index (χ3v) is 5.23. The van der Waals surface area contributed by atoms with Crippen LogP contribution in [0, 0.1) is 11.3 Å². The smallest absolute Gasteiger partial charge is 0.315 e. The molecule has 3 nitrogen and oxygen atoms in total. The van der Waals surface area contributed by atoms with E-state index in [0.717, 1.165) is 31.6 Å². The topological polar surface area (TPSA) is 41.1 Å². The van der Waals surface area contributed by atoms with Crippen LogP contribution in [-0.2, 0) is 0 Å². The van der Waals surface area contributed by atoms with Crippen molar-refractivity contribution in [2.24, 2.45) is 11.3 Å². The Hall–Kier alpha value is -0.730. The number of hydrogen-bond acceptors (Lipinski definition) is 1. The molecule has 0 aromatic heterocycles. The Bertz CT molecular complexity index is 307. The first-order chi connectivity index (χ1) is 9.45. The van der Waals surface area contributed by atoms with Crippen molar-refractivity contribution in [3.63, 3.8) is 0 Å². The molecule has 2 fully saturated rings. The van der Waals surface area contributed by atoms with Gasteiger partial charge in [0, 0.05) is 12.1 Å². The molecule has 0 bridgehead atoms. The second-order valence-electron chi connectivity index (χ2n) is 7.87. The van der Waals surface area contributed by atoms with Crippen LogP contribution in [0.1, 0.15) is 78.6 Å². The van der Waals surface area contributed by atoms with Crippen LogP contribution in [0.5, 0.6) is 0 Å². The molecule has 0 heterocycles. The highest BCUT2D eigenvalue weighted by atomic mass is 16.2. The summed E-state index contributed by atoms with van der Waals surface area (Å²) >= 11 is 0. The molecule has 0 saturated heterocycles. The lowest BCUT2D eigenvalue weighted by molar-refractivity contribution is 0.159. The van der Waals surface area contributed by atoms with Crippen molar-refractivity contribution in [1.82, 2.24) is 10.6 Å². The molecule has 20 heavy (non-hydrogen) atoms. The van der Waals surface area contributed by atoms with E-state index in [2.05, 4.69) is 31.4 Å². The molecular weight excluding hydrogens is 248 g/mol. The number of carbonyl (C=O) groups is 1. The summed E-state index contributed by atoms with van der Waals surface area (Å²) in [6.07, 6.45) is 10.9. The first kappa shape index (κ1) is 15.7. The fourth-order valence-electron chi connectivity index (χ4n) is 3.76. The Kier molecular flexibility index (Phi) is 5.34. The molecule has 2 amide bonds. The lowest BCUT2D eigenvalue weighted by Crippen LogP contribution is -2.48. The largest absolute Gasteiger partial charge is 0.335 e. The lowest BCUT2D eigenvalue weighted by atomic mass is 9.71. The molecule has 2 rings (SSSR count). The van der Waals surface area contributed by atoms with Crippen LogP contribution in [0.4, 0.5) is 4.79 Å². The number of amides is 2. The van der Waals surface area contributed by atoms with Gasteiger partial charge in [0.15, 0.2) is 0 Å². The van der Waals surface area contributed by atoms with Gasteiger partial charge in [0.05, 0.1) is 0 Å². The zero-order valence-electron chi connectivity index (χ0n) is 13.5. The van der Waals surface area contributed by atoms with Crippen molar-refractivity contribution < 1.29 is 4.79 Å². The normalized spacial score (nSPS) is 28.9. The van der Waals surface area contributed by atoms with Crippen molar-refractivity contribution in [1.29, 1.82) is 0 Å². The lowest BCUT2D eigenvalue weighted by Gasteiger charge is -2.37. The van der Waals surface area contributed by atoms with E-state index in [4.69, 9.17) is 0 Å². The summed E-state index contributed by atoms with van der Waals surface area (Å²) in [6.45, 7) is 7.00. The first-order valence-electron chi connectivity index (χ1n) is 8.52. The Balaban J connectivity index is 1.68. The van der Waals surface area contributed by atoms with E-state index < -0.39 is 0 Å². The van der Waals surface area contributed by atoms with Crippen LogP contribution < -0.4 is 10.6 Å². The molecule has 3 heteroatoms. The minimum Gasteiger partial charge on any atom is -0.335 e. The Labute approximate surface area is 124 Å². The van der Waals surface area contributed by atoms with E-state index in [9.17, 15) is 4.79 Å². The fraction of sp³-hybridized carbons (Fsp3) is 0.941. The number of nitrogens with one attached hydrogen (secondary N) is 2. The van der Waals surface area contributed by atoms with Crippen molar-refractivity contribution in [3.8, 4) is 0 Å². The van der Waals surface area contributed by atoms with Gasteiger partial charge >= 0.3 is 6.03 Å². The Morgan fingerprint density at radius 1 is 0.800 bits per heavy atom. The predicted octanol–water partition coefficient (Wildman–Crippen LogP) is 4.22. The summed E-state index contributed by atoms with van der Waals surface area (Å²) < 4.78 is 0. The van der Waals surface area contributed by atoms with Gasteiger partial charge < -0.3 is 10.6 Å². The molecule has 2 aliphatic rings. The summed E-state index contributed by atoms with van der Waals surface area (Å²) in [7, 11) is 0. The fourth-order valence-corrected chi connectivity index (χ4v) is 3.76. The monoisotopic (exact) mass is 280 g/mol. The van der Waals surface area contributed by atoms with Crippen LogP contribution in [0.15, 0.2) is 0 Å². The van der Waals surface area contributed by atoms with E-state index in [0.29, 0.717) is 17.5 Å². The molecule has 2 saturated carbocycles. The highest BCUT2D eigenvalue weighted by molar-refractivity contribution is 5.74. The third-order valence-electron chi connectivity index (χ3n) is 5.23. The molecule has 0 unspecified atom stereocenters. The number of carbonyl (C=O) groups excluding carboxylic acids is 1. The van der Waals surface area contributed by atoms with E-state index in [1.54, 1.807) is 0 Å². The predicted molar refractivity (Wildman–Crippen MR) is 83.7 cm³/mol. The second-order valence-corrected chi connectivity index (χ2v) is 7.87. The summed E-state index contributed by atoms with van der Waals surface area (Å²) in [6, 6.07) is 0.864. The average molecular weight is 280 g/mol. The summed E-state index contributed by atoms with van der Waals surface area (Å²) in [4.78, 5) is 12.0. The summed E-state index contributed by atoms with van der Waals surface area (Å²) in [5.74, 6) is 0.807. The SMILES string of the molecule is CC(C)(C)C1CCC(NC(=O)NC2CCCCC2)CC1. The zero-order valence-corrected chi connectivity index (χ0v) is 13.5. The van der Waals surface area contributed by atoms with E-state index in [1.165, 1.54) is 32.1 Å². The van der Waals surface area contributed by atoms with Gasteiger partial charge in [-0.3, -0.25) is 0 Å². The van der Waals surface area contributed by atoms with Gasteiger partial charge in [-0.1, -0.05) is 40.0 Å². The Morgan fingerprint density at radius 2 is 1.30 bits per heavy atom. The first-order valence-corrected chi connectivity index (χ1v) is 8.52. The molecule has 0 aliphatic heterocycles. The minimum atomic E-state index is 0.0658.